The van der Waals surface area contributed by atoms with E-state index in [9.17, 15) is 0 Å². The molecule has 1 atom stereocenters. The van der Waals surface area contributed by atoms with Crippen molar-refractivity contribution in [2.75, 3.05) is 0 Å². The minimum absolute atomic E-state index is 0.620. The van der Waals surface area contributed by atoms with Crippen LogP contribution in [0.1, 0.15) is 37.8 Å². The normalized spacial score (nSPS) is 20.6. The molecule has 0 aliphatic heterocycles. The molecule has 1 aromatic carbocycles. The first kappa shape index (κ1) is 9.24. The minimum atomic E-state index is 0.620. The molecule has 1 aliphatic rings. The second-order valence-corrected chi connectivity index (χ2v) is 4.64. The molecule has 0 aromatic heterocycles. The maximum atomic E-state index is 2.30. The summed E-state index contributed by atoms with van der Waals surface area (Å²) < 4.78 is 1.42. The molecule has 1 aliphatic carbocycles. The Labute approximate surface area is 91.5 Å². The Kier molecular flexibility index (Phi) is 2.21. The average molecular weight is 205 g/mol. The molecule has 2 rings (SSSR count). The van der Waals surface area contributed by atoms with Gasteiger partial charge in [0, 0.05) is 0 Å². The molecule has 65 valence electrons. The Morgan fingerprint density at radius 2 is 1.92 bits per heavy atom. The number of hydrogen-bond acceptors (Lipinski definition) is 0. The Bertz CT molecular complexity index is 388. The van der Waals surface area contributed by atoms with E-state index < -0.39 is 0 Å². The van der Waals surface area contributed by atoms with E-state index in [1.165, 1.54) is 26.1 Å². The van der Waals surface area contributed by atoms with Gasteiger partial charge in [0.1, 0.15) is 0 Å². The van der Waals surface area contributed by atoms with Crippen LogP contribution in [0.5, 0.6) is 0 Å². The first-order valence-corrected chi connectivity index (χ1v) is 5.43. The molecule has 0 saturated carbocycles. The standard InChI is InChI=1S/C12H13.Ti/c1-8-9(2)11-6-4-5-7-12(11)10(8)3;/h4-6,9H,1-3H3;. The Balaban J connectivity index is 2.72. The van der Waals surface area contributed by atoms with Gasteiger partial charge in [0.2, 0.25) is 0 Å². The van der Waals surface area contributed by atoms with Crippen molar-refractivity contribution < 1.29 is 20.4 Å². The zero-order valence-corrected chi connectivity index (χ0v) is 9.87. The fraction of sp³-hybridized carbons (Fsp3) is 0.333. The molecule has 0 saturated heterocycles. The van der Waals surface area contributed by atoms with Crippen molar-refractivity contribution in [3.8, 4) is 0 Å². The van der Waals surface area contributed by atoms with Gasteiger partial charge in [-0.3, -0.25) is 0 Å². The van der Waals surface area contributed by atoms with Gasteiger partial charge in [0.05, 0.1) is 0 Å². The second-order valence-electron chi connectivity index (χ2n) is 3.80. The first-order chi connectivity index (χ1) is 6.13. The molecular formula is C12H13Ti. The van der Waals surface area contributed by atoms with E-state index in [1.807, 2.05) is 0 Å². The van der Waals surface area contributed by atoms with E-state index in [4.69, 9.17) is 0 Å². The fourth-order valence-corrected chi connectivity index (χ4v) is 2.77. The third-order valence-corrected chi connectivity index (χ3v) is 3.83. The molecule has 0 spiro atoms. The average Bonchev–Trinajstić information content (AvgIpc) is 2.33. The molecule has 0 N–H and O–H groups in total. The summed E-state index contributed by atoms with van der Waals surface area (Å²) in [6, 6.07) is 6.62. The van der Waals surface area contributed by atoms with E-state index in [0.29, 0.717) is 5.92 Å². The van der Waals surface area contributed by atoms with Gasteiger partial charge in [-0.25, -0.2) is 0 Å². The van der Waals surface area contributed by atoms with Crippen molar-refractivity contribution in [2.24, 2.45) is 0 Å². The van der Waals surface area contributed by atoms with Crippen molar-refractivity contribution in [3.63, 3.8) is 0 Å². The maximum absolute atomic E-state index is 2.30. The summed E-state index contributed by atoms with van der Waals surface area (Å²) in [5.74, 6) is 0.620. The summed E-state index contributed by atoms with van der Waals surface area (Å²) in [4.78, 5) is 0. The molecule has 0 amide bonds. The predicted molar refractivity (Wildman–Crippen MR) is 52.8 cm³/mol. The SMILES string of the molecule is CC1=C(C)C(C)c2ccc[c]([Ti])c21. The van der Waals surface area contributed by atoms with Gasteiger partial charge in [0.25, 0.3) is 0 Å². The molecule has 1 heteroatoms. The van der Waals surface area contributed by atoms with Crippen molar-refractivity contribution >= 4 is 9.44 Å². The van der Waals surface area contributed by atoms with Crippen LogP contribution in [0.3, 0.4) is 0 Å². The molecule has 1 aromatic rings. The molecule has 13 heavy (non-hydrogen) atoms. The summed E-state index contributed by atoms with van der Waals surface area (Å²) >= 11 is 2.20. The molecular weight excluding hydrogens is 192 g/mol. The number of fused-ring (bicyclic) bond motifs is 1. The van der Waals surface area contributed by atoms with Crippen LogP contribution in [-0.2, 0) is 20.4 Å². The van der Waals surface area contributed by atoms with E-state index in [0.717, 1.165) is 0 Å². The fourth-order valence-electron chi connectivity index (χ4n) is 2.10. The van der Waals surface area contributed by atoms with E-state index in [2.05, 4.69) is 59.4 Å². The molecule has 0 bridgehead atoms. The topological polar surface area (TPSA) is 0 Å². The number of benzene rings is 1. The van der Waals surface area contributed by atoms with E-state index in [1.54, 1.807) is 0 Å². The number of allylic oxidation sites excluding steroid dienone is 2. The first-order valence-electron chi connectivity index (χ1n) is 4.65. The number of rotatable bonds is 0. The van der Waals surface area contributed by atoms with Crippen LogP contribution in [0.25, 0.3) is 5.57 Å². The van der Waals surface area contributed by atoms with Gasteiger partial charge in [-0.15, -0.1) is 0 Å². The zero-order valence-electron chi connectivity index (χ0n) is 8.31. The van der Waals surface area contributed by atoms with Crippen molar-refractivity contribution in [3.05, 3.63) is 34.9 Å². The summed E-state index contributed by atoms with van der Waals surface area (Å²) in [5.41, 5.74) is 6.02. The molecule has 0 heterocycles. The van der Waals surface area contributed by atoms with Crippen LogP contribution >= 0.6 is 0 Å². The molecule has 0 fully saturated rings. The second kappa shape index (κ2) is 3.11. The third-order valence-electron chi connectivity index (χ3n) is 3.18. The van der Waals surface area contributed by atoms with E-state index in [-0.39, 0.29) is 0 Å². The van der Waals surface area contributed by atoms with Gasteiger partial charge in [-0.1, -0.05) is 0 Å². The van der Waals surface area contributed by atoms with Crippen LogP contribution in [-0.4, -0.2) is 0 Å². The molecule has 1 unspecified atom stereocenters. The quantitative estimate of drug-likeness (QED) is 0.571. The summed E-state index contributed by atoms with van der Waals surface area (Å²) in [6.07, 6.45) is 0. The van der Waals surface area contributed by atoms with Crippen LogP contribution in [0.15, 0.2) is 23.8 Å². The molecule has 0 radical (unpaired) electrons. The van der Waals surface area contributed by atoms with Crippen LogP contribution < -0.4 is 3.87 Å². The zero-order chi connectivity index (χ0) is 9.59. The van der Waals surface area contributed by atoms with Gasteiger partial charge in [-0.2, -0.15) is 0 Å². The van der Waals surface area contributed by atoms with Crippen molar-refractivity contribution in [2.45, 2.75) is 26.7 Å². The summed E-state index contributed by atoms with van der Waals surface area (Å²) in [6.45, 7) is 6.79. The van der Waals surface area contributed by atoms with Crippen molar-refractivity contribution in [1.29, 1.82) is 0 Å². The van der Waals surface area contributed by atoms with E-state index >= 15 is 0 Å². The van der Waals surface area contributed by atoms with Crippen LogP contribution in [0.4, 0.5) is 0 Å². The predicted octanol–water partition coefficient (Wildman–Crippen LogP) is 2.77. The van der Waals surface area contributed by atoms with Crippen molar-refractivity contribution in [1.82, 2.24) is 0 Å². The van der Waals surface area contributed by atoms with Gasteiger partial charge in [0.15, 0.2) is 0 Å². The Hall–Kier alpha value is -0.326. The van der Waals surface area contributed by atoms with Gasteiger partial charge in [-0.05, 0) is 0 Å². The third kappa shape index (κ3) is 1.24. The Morgan fingerprint density at radius 1 is 1.23 bits per heavy atom. The van der Waals surface area contributed by atoms with Crippen LogP contribution in [0, 0.1) is 0 Å². The van der Waals surface area contributed by atoms with Gasteiger partial charge >= 0.3 is 91.5 Å². The summed E-state index contributed by atoms with van der Waals surface area (Å²) in [5, 5.41) is 0. The summed E-state index contributed by atoms with van der Waals surface area (Å²) in [7, 11) is 0. The van der Waals surface area contributed by atoms with Crippen LogP contribution in [0.2, 0.25) is 0 Å². The Morgan fingerprint density at radius 3 is 2.54 bits per heavy atom. The monoisotopic (exact) mass is 205 g/mol. The number of hydrogen-bond donors (Lipinski definition) is 0. The molecule has 0 nitrogen and oxygen atoms in total. The van der Waals surface area contributed by atoms with Gasteiger partial charge < -0.3 is 0 Å².